The van der Waals surface area contributed by atoms with Crippen LogP contribution in [0.2, 0.25) is 0 Å². The lowest BCUT2D eigenvalue weighted by molar-refractivity contribution is -0.136. The number of amides is 2. The summed E-state index contributed by atoms with van der Waals surface area (Å²) in [5.41, 5.74) is 3.95. The number of nitriles is 1. The van der Waals surface area contributed by atoms with Crippen molar-refractivity contribution in [1.29, 1.82) is 5.26 Å². The summed E-state index contributed by atoms with van der Waals surface area (Å²) in [6, 6.07) is 7.76. The maximum atomic E-state index is 13.1. The molecule has 1 aliphatic rings. The lowest BCUT2D eigenvalue weighted by Crippen LogP contribution is -2.32. The van der Waals surface area contributed by atoms with Crippen LogP contribution < -0.4 is 10.7 Å². The molecule has 3 rings (SSSR count). The minimum atomic E-state index is -0.965. The number of hydrazone groups is 1. The van der Waals surface area contributed by atoms with Crippen molar-refractivity contribution in [1.82, 2.24) is 5.43 Å². The van der Waals surface area contributed by atoms with Crippen molar-refractivity contribution in [3.63, 3.8) is 0 Å². The van der Waals surface area contributed by atoms with Crippen LogP contribution in [-0.2, 0) is 22.4 Å². The smallest absolute Gasteiger partial charge is 0.308 e. The highest BCUT2D eigenvalue weighted by atomic mass is 32.1. The monoisotopic (exact) mass is 370 g/mol. The van der Waals surface area contributed by atoms with E-state index in [9.17, 15) is 19.2 Å². The molecule has 1 aliphatic carbocycles. The molecule has 6 nitrogen and oxygen atoms in total. The molecule has 1 heterocycles. The zero-order chi connectivity index (χ0) is 18.5. The second kappa shape index (κ2) is 7.89. The van der Waals surface area contributed by atoms with Crippen LogP contribution in [-0.4, -0.2) is 18.0 Å². The molecule has 2 aromatic rings. The third-order valence-electron chi connectivity index (χ3n) is 3.94. The predicted octanol–water partition coefficient (Wildman–Crippen LogP) is 2.73. The van der Waals surface area contributed by atoms with Gasteiger partial charge in [0.05, 0.1) is 11.8 Å². The topological polar surface area (TPSA) is 94.4 Å². The highest BCUT2D eigenvalue weighted by molar-refractivity contribution is 7.16. The van der Waals surface area contributed by atoms with Crippen molar-refractivity contribution < 1.29 is 14.0 Å². The molecule has 2 amide bonds. The normalized spacial score (nSPS) is 13.1. The van der Waals surface area contributed by atoms with E-state index in [4.69, 9.17) is 0 Å². The van der Waals surface area contributed by atoms with E-state index in [1.165, 1.54) is 35.8 Å². The van der Waals surface area contributed by atoms with Gasteiger partial charge in [-0.3, -0.25) is 9.59 Å². The molecule has 0 saturated carbocycles. The van der Waals surface area contributed by atoms with E-state index in [2.05, 4.69) is 21.9 Å². The molecule has 0 fully saturated rings. The molecule has 132 valence electrons. The summed E-state index contributed by atoms with van der Waals surface area (Å²) >= 11 is 1.34. The molecule has 0 spiro atoms. The van der Waals surface area contributed by atoms with Gasteiger partial charge < -0.3 is 5.32 Å². The number of hydrogen-bond donors (Lipinski definition) is 2. The SMILES string of the molecule is N#Cc1c(NC(=O)C(=O)NN=Cc2cccc(F)c2)sc2c1CCCC2. The molecular weight excluding hydrogens is 355 g/mol. The first kappa shape index (κ1) is 17.8. The quantitative estimate of drug-likeness (QED) is 0.494. The number of anilines is 1. The number of halogens is 1. The summed E-state index contributed by atoms with van der Waals surface area (Å²) in [5.74, 6) is -2.30. The molecule has 0 bridgehead atoms. The Labute approximate surface area is 153 Å². The Balaban J connectivity index is 1.64. The van der Waals surface area contributed by atoms with Gasteiger partial charge >= 0.3 is 11.8 Å². The van der Waals surface area contributed by atoms with Crippen LogP contribution in [0.4, 0.5) is 9.39 Å². The van der Waals surface area contributed by atoms with Crippen LogP contribution >= 0.6 is 11.3 Å². The predicted molar refractivity (Wildman–Crippen MR) is 96.4 cm³/mol. The maximum Gasteiger partial charge on any atom is 0.329 e. The maximum absolute atomic E-state index is 13.1. The van der Waals surface area contributed by atoms with E-state index in [0.29, 0.717) is 16.1 Å². The van der Waals surface area contributed by atoms with Crippen LogP contribution in [0.1, 0.15) is 34.4 Å². The number of thiophene rings is 1. The van der Waals surface area contributed by atoms with Crippen molar-refractivity contribution in [2.75, 3.05) is 5.32 Å². The average molecular weight is 370 g/mol. The van der Waals surface area contributed by atoms with Gasteiger partial charge in [-0.1, -0.05) is 12.1 Å². The number of benzene rings is 1. The Morgan fingerprint density at radius 3 is 2.85 bits per heavy atom. The molecule has 0 aliphatic heterocycles. The van der Waals surface area contributed by atoms with E-state index in [-0.39, 0.29) is 0 Å². The van der Waals surface area contributed by atoms with E-state index < -0.39 is 17.6 Å². The van der Waals surface area contributed by atoms with Crippen LogP contribution in [0, 0.1) is 17.1 Å². The van der Waals surface area contributed by atoms with Crippen molar-refractivity contribution in [2.45, 2.75) is 25.7 Å². The molecule has 0 atom stereocenters. The zero-order valence-corrected chi connectivity index (χ0v) is 14.5. The third kappa shape index (κ3) is 3.95. The largest absolute Gasteiger partial charge is 0.329 e. The standard InChI is InChI=1S/C18H15FN4O2S/c19-12-5-3-4-11(8-12)10-21-23-17(25)16(24)22-18-14(9-20)13-6-1-2-7-15(13)26-18/h3-5,8,10H,1-2,6-7H2,(H,22,24)(H,23,25). The van der Waals surface area contributed by atoms with Gasteiger partial charge in [-0.15, -0.1) is 11.3 Å². The Kier molecular flexibility index (Phi) is 5.39. The Bertz CT molecular complexity index is 930. The number of carbonyl (C=O) groups excluding carboxylic acids is 2. The van der Waals surface area contributed by atoms with Crippen molar-refractivity contribution >= 4 is 34.4 Å². The van der Waals surface area contributed by atoms with E-state index in [1.54, 1.807) is 6.07 Å². The fraction of sp³-hybridized carbons (Fsp3) is 0.222. The molecule has 8 heteroatoms. The van der Waals surface area contributed by atoms with Gasteiger partial charge in [0.2, 0.25) is 0 Å². The average Bonchev–Trinajstić information content (AvgIpc) is 2.98. The van der Waals surface area contributed by atoms with Gasteiger partial charge in [-0.05, 0) is 48.9 Å². The Morgan fingerprint density at radius 1 is 1.27 bits per heavy atom. The molecular formula is C18H15FN4O2S. The third-order valence-corrected chi connectivity index (χ3v) is 5.15. The summed E-state index contributed by atoms with van der Waals surface area (Å²) in [6.45, 7) is 0. The van der Waals surface area contributed by atoms with Gasteiger partial charge in [-0.2, -0.15) is 10.4 Å². The van der Waals surface area contributed by atoms with E-state index in [0.717, 1.165) is 36.1 Å². The molecule has 0 radical (unpaired) electrons. The van der Waals surface area contributed by atoms with Crippen molar-refractivity contribution in [3.8, 4) is 6.07 Å². The van der Waals surface area contributed by atoms with E-state index in [1.807, 2.05) is 0 Å². The molecule has 26 heavy (non-hydrogen) atoms. The lowest BCUT2D eigenvalue weighted by atomic mass is 9.96. The van der Waals surface area contributed by atoms with Gasteiger partial charge in [0.15, 0.2) is 0 Å². The van der Waals surface area contributed by atoms with Gasteiger partial charge in [0, 0.05) is 4.88 Å². The van der Waals surface area contributed by atoms with Crippen molar-refractivity contribution in [3.05, 3.63) is 51.7 Å². The van der Waals surface area contributed by atoms with Gasteiger partial charge in [0.1, 0.15) is 16.9 Å². The minimum absolute atomic E-state index is 0.397. The summed E-state index contributed by atoms with van der Waals surface area (Å²) in [5, 5.41) is 15.9. The lowest BCUT2D eigenvalue weighted by Gasteiger charge is -2.09. The number of aryl methyl sites for hydroxylation is 1. The number of nitrogens with zero attached hydrogens (tertiary/aromatic N) is 2. The number of fused-ring (bicyclic) bond motifs is 1. The van der Waals surface area contributed by atoms with Crippen LogP contribution in [0.25, 0.3) is 0 Å². The molecule has 1 aromatic carbocycles. The first-order chi connectivity index (χ1) is 12.6. The second-order valence-corrected chi connectivity index (χ2v) is 6.84. The van der Waals surface area contributed by atoms with Gasteiger partial charge in [0.25, 0.3) is 0 Å². The fourth-order valence-electron chi connectivity index (χ4n) is 2.74. The number of carbonyl (C=O) groups is 2. The van der Waals surface area contributed by atoms with Crippen LogP contribution in [0.3, 0.4) is 0 Å². The Morgan fingerprint density at radius 2 is 2.08 bits per heavy atom. The van der Waals surface area contributed by atoms with Crippen LogP contribution in [0.15, 0.2) is 29.4 Å². The first-order valence-corrected chi connectivity index (χ1v) is 8.84. The number of hydrogen-bond acceptors (Lipinski definition) is 5. The fourth-order valence-corrected chi connectivity index (χ4v) is 3.97. The second-order valence-electron chi connectivity index (χ2n) is 5.74. The van der Waals surface area contributed by atoms with E-state index >= 15 is 0 Å². The molecule has 1 aromatic heterocycles. The first-order valence-electron chi connectivity index (χ1n) is 8.03. The van der Waals surface area contributed by atoms with Crippen LogP contribution in [0.5, 0.6) is 0 Å². The Hall–Kier alpha value is -3.05. The summed E-state index contributed by atoms with van der Waals surface area (Å²) < 4.78 is 13.1. The van der Waals surface area contributed by atoms with Gasteiger partial charge in [-0.25, -0.2) is 9.82 Å². The van der Waals surface area contributed by atoms with Crippen molar-refractivity contribution in [2.24, 2.45) is 5.10 Å². The molecule has 0 unspecified atom stereocenters. The minimum Gasteiger partial charge on any atom is -0.308 e. The summed E-state index contributed by atoms with van der Waals surface area (Å²) in [4.78, 5) is 25.0. The number of rotatable bonds is 3. The summed E-state index contributed by atoms with van der Waals surface area (Å²) in [6.07, 6.45) is 5.00. The molecule has 2 N–H and O–H groups in total. The summed E-state index contributed by atoms with van der Waals surface area (Å²) in [7, 11) is 0. The highest BCUT2D eigenvalue weighted by Crippen LogP contribution is 2.37. The highest BCUT2D eigenvalue weighted by Gasteiger charge is 2.23. The zero-order valence-electron chi connectivity index (χ0n) is 13.7. The number of nitrogens with one attached hydrogen (secondary N) is 2. The molecule has 0 saturated heterocycles.